The van der Waals surface area contributed by atoms with Crippen molar-refractivity contribution in [2.45, 2.75) is 20.0 Å². The number of pyridine rings is 1. The van der Waals surface area contributed by atoms with E-state index < -0.39 is 11.7 Å². The molecule has 0 N–H and O–H groups in total. The Bertz CT molecular complexity index is 679. The first-order valence-electron chi connectivity index (χ1n) is 5.50. The van der Waals surface area contributed by atoms with Crippen LogP contribution in [0.25, 0.3) is 5.82 Å². The van der Waals surface area contributed by atoms with Gasteiger partial charge >= 0.3 is 6.18 Å². The predicted molar refractivity (Wildman–Crippen MR) is 66.2 cm³/mol. The van der Waals surface area contributed by atoms with Gasteiger partial charge in [-0.25, -0.2) is 9.67 Å². The van der Waals surface area contributed by atoms with Crippen molar-refractivity contribution >= 4 is 17.9 Å². The number of nitrogens with zero attached hydrogens (tertiary/aromatic N) is 3. The lowest BCUT2D eigenvalue weighted by molar-refractivity contribution is -0.137. The summed E-state index contributed by atoms with van der Waals surface area (Å²) in [5.41, 5.74) is 0.341. The number of aryl methyl sites for hydroxylation is 1. The maximum atomic E-state index is 12.5. The highest BCUT2D eigenvalue weighted by Gasteiger charge is 2.32. The van der Waals surface area contributed by atoms with E-state index in [0.29, 0.717) is 29.4 Å². The van der Waals surface area contributed by atoms with Gasteiger partial charge in [-0.15, -0.1) is 0 Å². The summed E-state index contributed by atoms with van der Waals surface area (Å²) in [4.78, 5) is 14.6. The van der Waals surface area contributed by atoms with Gasteiger partial charge in [0.25, 0.3) is 0 Å². The Hall–Kier alpha value is -1.89. The lowest BCUT2D eigenvalue weighted by Crippen LogP contribution is -2.09. The fraction of sp³-hybridized carbons (Fsp3) is 0.250. The van der Waals surface area contributed by atoms with Gasteiger partial charge in [-0.05, 0) is 19.9 Å². The molecule has 0 aliphatic rings. The van der Waals surface area contributed by atoms with Gasteiger partial charge in [0, 0.05) is 6.20 Å². The number of hydrogen-bond donors (Lipinski definition) is 0. The Labute approximate surface area is 117 Å². The van der Waals surface area contributed by atoms with E-state index >= 15 is 0 Å². The third kappa shape index (κ3) is 2.40. The van der Waals surface area contributed by atoms with Crippen LogP contribution in [-0.4, -0.2) is 21.1 Å². The summed E-state index contributed by atoms with van der Waals surface area (Å²) in [6.45, 7) is 3.23. The van der Waals surface area contributed by atoms with Crippen molar-refractivity contribution in [1.82, 2.24) is 14.8 Å². The molecule has 4 nitrogen and oxygen atoms in total. The highest BCUT2D eigenvalue weighted by Crippen LogP contribution is 2.32. The van der Waals surface area contributed by atoms with Gasteiger partial charge in [0.05, 0.1) is 27.5 Å². The van der Waals surface area contributed by atoms with Gasteiger partial charge in [-0.3, -0.25) is 4.79 Å². The minimum absolute atomic E-state index is 0.0494. The van der Waals surface area contributed by atoms with Crippen LogP contribution in [0, 0.1) is 13.8 Å². The topological polar surface area (TPSA) is 47.8 Å². The Morgan fingerprint density at radius 2 is 2.00 bits per heavy atom. The molecule has 0 spiro atoms. The van der Waals surface area contributed by atoms with Gasteiger partial charge in [-0.2, -0.15) is 18.3 Å². The average Bonchev–Trinajstić information content (AvgIpc) is 2.63. The largest absolute Gasteiger partial charge is 0.417 e. The van der Waals surface area contributed by atoms with Crippen LogP contribution in [-0.2, 0) is 6.18 Å². The van der Waals surface area contributed by atoms with Crippen LogP contribution in [0.2, 0.25) is 5.02 Å². The van der Waals surface area contributed by atoms with E-state index in [1.807, 2.05) is 0 Å². The number of aldehydes is 1. The Kier molecular flexibility index (Phi) is 3.56. The zero-order valence-electron chi connectivity index (χ0n) is 10.5. The molecule has 2 heterocycles. The SMILES string of the molecule is Cc1nn(-c2ncc(C(F)(F)F)cc2Cl)c(C)c1C=O. The van der Waals surface area contributed by atoms with Crippen LogP contribution >= 0.6 is 11.6 Å². The first-order valence-corrected chi connectivity index (χ1v) is 5.88. The van der Waals surface area contributed by atoms with Crippen molar-refractivity contribution in [3.63, 3.8) is 0 Å². The fourth-order valence-electron chi connectivity index (χ4n) is 1.77. The molecule has 106 valence electrons. The molecule has 20 heavy (non-hydrogen) atoms. The highest BCUT2D eigenvalue weighted by atomic mass is 35.5. The molecule has 0 aliphatic carbocycles. The number of halogens is 4. The molecule has 0 aromatic carbocycles. The van der Waals surface area contributed by atoms with Gasteiger partial charge in [0.15, 0.2) is 12.1 Å². The molecule has 2 aromatic heterocycles. The molecular formula is C12H9ClF3N3O. The van der Waals surface area contributed by atoms with Gasteiger partial charge < -0.3 is 0 Å². The van der Waals surface area contributed by atoms with Gasteiger partial charge in [0.2, 0.25) is 0 Å². The van der Waals surface area contributed by atoms with E-state index in [-0.39, 0.29) is 10.8 Å². The maximum Gasteiger partial charge on any atom is 0.417 e. The third-order valence-electron chi connectivity index (χ3n) is 2.81. The summed E-state index contributed by atoms with van der Waals surface area (Å²) >= 11 is 5.84. The molecule has 2 rings (SSSR count). The molecule has 0 fully saturated rings. The Balaban J connectivity index is 2.57. The van der Waals surface area contributed by atoms with Crippen LogP contribution in [0.3, 0.4) is 0 Å². The Morgan fingerprint density at radius 1 is 1.35 bits per heavy atom. The van der Waals surface area contributed by atoms with Crippen molar-refractivity contribution in [2.75, 3.05) is 0 Å². The molecule has 0 bridgehead atoms. The standard InChI is InChI=1S/C12H9ClF3N3O/c1-6-9(5-20)7(2)19(18-6)11-10(13)3-8(4-17-11)12(14,15)16/h3-5H,1-2H3. The summed E-state index contributed by atoms with van der Waals surface area (Å²) in [6.07, 6.45) is -3.21. The first-order chi connectivity index (χ1) is 9.25. The molecule has 0 amide bonds. The molecule has 8 heteroatoms. The molecule has 0 saturated heterocycles. The molecule has 0 atom stereocenters. The molecule has 0 saturated carbocycles. The van der Waals surface area contributed by atoms with Crippen LogP contribution < -0.4 is 0 Å². The summed E-state index contributed by atoms with van der Waals surface area (Å²) in [5, 5.41) is 3.87. The monoisotopic (exact) mass is 303 g/mol. The second kappa shape index (κ2) is 4.90. The van der Waals surface area contributed by atoms with Crippen LogP contribution in [0.15, 0.2) is 12.3 Å². The fourth-order valence-corrected chi connectivity index (χ4v) is 2.02. The first kappa shape index (κ1) is 14.5. The van der Waals surface area contributed by atoms with E-state index in [1.165, 1.54) is 4.68 Å². The number of aromatic nitrogens is 3. The van der Waals surface area contributed by atoms with Crippen molar-refractivity contribution in [1.29, 1.82) is 0 Å². The number of rotatable bonds is 2. The normalized spacial score (nSPS) is 11.7. The van der Waals surface area contributed by atoms with Crippen molar-refractivity contribution in [3.8, 4) is 5.82 Å². The van der Waals surface area contributed by atoms with Crippen LogP contribution in [0.4, 0.5) is 13.2 Å². The average molecular weight is 304 g/mol. The smallest absolute Gasteiger partial charge is 0.298 e. The van der Waals surface area contributed by atoms with E-state index in [0.717, 1.165) is 6.07 Å². The van der Waals surface area contributed by atoms with E-state index in [1.54, 1.807) is 13.8 Å². The van der Waals surface area contributed by atoms with E-state index in [2.05, 4.69) is 10.1 Å². The highest BCUT2D eigenvalue weighted by molar-refractivity contribution is 6.32. The summed E-state index contributed by atoms with van der Waals surface area (Å²) in [5.74, 6) is 0.0494. The van der Waals surface area contributed by atoms with Crippen LogP contribution in [0.1, 0.15) is 27.3 Å². The lowest BCUT2D eigenvalue weighted by atomic mass is 10.2. The van der Waals surface area contributed by atoms with E-state index in [4.69, 9.17) is 11.6 Å². The molecule has 0 unspecified atom stereocenters. The van der Waals surface area contributed by atoms with Crippen molar-refractivity contribution in [3.05, 3.63) is 39.8 Å². The Morgan fingerprint density at radius 3 is 2.45 bits per heavy atom. The third-order valence-corrected chi connectivity index (χ3v) is 3.09. The molecule has 2 aromatic rings. The minimum Gasteiger partial charge on any atom is -0.298 e. The summed E-state index contributed by atoms with van der Waals surface area (Å²) in [7, 11) is 0. The summed E-state index contributed by atoms with van der Waals surface area (Å²) in [6, 6.07) is 0.779. The molecule has 0 aliphatic heterocycles. The lowest BCUT2D eigenvalue weighted by Gasteiger charge is -2.10. The number of hydrogen-bond acceptors (Lipinski definition) is 3. The molecule has 0 radical (unpaired) electrons. The maximum absolute atomic E-state index is 12.5. The van der Waals surface area contributed by atoms with E-state index in [9.17, 15) is 18.0 Å². The second-order valence-corrected chi connectivity index (χ2v) is 4.55. The summed E-state index contributed by atoms with van der Waals surface area (Å²) < 4.78 is 38.9. The number of carbonyl (C=O) groups is 1. The quantitative estimate of drug-likeness (QED) is 0.799. The van der Waals surface area contributed by atoms with Gasteiger partial charge in [0.1, 0.15) is 0 Å². The number of alkyl halides is 3. The van der Waals surface area contributed by atoms with Gasteiger partial charge in [-0.1, -0.05) is 11.6 Å². The zero-order valence-corrected chi connectivity index (χ0v) is 11.2. The molecular weight excluding hydrogens is 295 g/mol. The minimum atomic E-state index is -4.52. The van der Waals surface area contributed by atoms with Crippen molar-refractivity contribution < 1.29 is 18.0 Å². The predicted octanol–water partition coefficient (Wildman–Crippen LogP) is 3.37. The van der Waals surface area contributed by atoms with Crippen molar-refractivity contribution in [2.24, 2.45) is 0 Å². The number of carbonyl (C=O) groups excluding carboxylic acids is 1. The van der Waals surface area contributed by atoms with Crippen LogP contribution in [0.5, 0.6) is 0 Å². The zero-order chi connectivity index (χ0) is 15.1. The second-order valence-electron chi connectivity index (χ2n) is 4.14.